The van der Waals surface area contributed by atoms with E-state index in [1.165, 1.54) is 11.0 Å². The van der Waals surface area contributed by atoms with Crippen LogP contribution in [0.3, 0.4) is 0 Å². The summed E-state index contributed by atoms with van der Waals surface area (Å²) in [5.41, 5.74) is 1.76. The van der Waals surface area contributed by atoms with Gasteiger partial charge in [-0.05, 0) is 64.2 Å². The number of thioether (sulfide) groups is 1. The molecule has 3 aromatic rings. The Hall–Kier alpha value is -4.19. The molecule has 3 heterocycles. The Balaban J connectivity index is 1.20. The molecule has 0 unspecified atom stereocenters. The number of amides is 3. The number of fused-ring (bicyclic) bond motifs is 1. The minimum absolute atomic E-state index is 0.0571. The number of benzene rings is 2. The van der Waals surface area contributed by atoms with E-state index in [0.717, 1.165) is 22.2 Å². The molecular weight excluding hydrogens is 448 g/mol. The average molecular weight is 464 g/mol. The normalized spacial score (nSPS) is 16.0. The molecule has 2 aliphatic rings. The Bertz CT molecular complexity index is 1280. The van der Waals surface area contributed by atoms with Crippen LogP contribution >= 0.6 is 11.8 Å². The van der Waals surface area contributed by atoms with Gasteiger partial charge >= 0.3 is 0 Å². The van der Waals surface area contributed by atoms with E-state index in [0.29, 0.717) is 27.7 Å². The summed E-state index contributed by atoms with van der Waals surface area (Å²) < 4.78 is 12.1. The number of imide groups is 1. The predicted molar refractivity (Wildman–Crippen MR) is 117 cm³/mol. The largest absolute Gasteiger partial charge is 0.454 e. The van der Waals surface area contributed by atoms with Crippen molar-refractivity contribution in [2.24, 2.45) is 0 Å². The molecule has 1 N–H and O–H groups in total. The summed E-state index contributed by atoms with van der Waals surface area (Å²) in [7, 11) is 0. The Morgan fingerprint density at radius 1 is 1.15 bits per heavy atom. The van der Waals surface area contributed by atoms with Crippen LogP contribution in [0.2, 0.25) is 0 Å². The second-order valence-electron chi connectivity index (χ2n) is 7.01. The molecule has 0 saturated carbocycles. The maximum atomic E-state index is 12.7. The number of nitrogens with zero attached hydrogens (tertiary/aromatic N) is 5. The van der Waals surface area contributed by atoms with E-state index in [2.05, 4.69) is 20.8 Å². The quantitative estimate of drug-likeness (QED) is 0.544. The van der Waals surface area contributed by atoms with Gasteiger partial charge in [0.15, 0.2) is 11.5 Å². The molecule has 2 aliphatic heterocycles. The van der Waals surface area contributed by atoms with Gasteiger partial charge in [0.25, 0.3) is 17.1 Å². The average Bonchev–Trinajstić information content (AvgIpc) is 3.57. The fourth-order valence-corrected chi connectivity index (χ4v) is 4.16. The van der Waals surface area contributed by atoms with Crippen molar-refractivity contribution in [2.75, 3.05) is 19.9 Å². The standard InChI is InChI=1S/C21H16N6O5S/c28-19(14-2-1-3-15(10-14)27-11-23-24-25-27)22-6-7-26-20(29)18(33-21(26)30)9-13-4-5-16-17(8-13)32-12-31-16/h1-5,8-11H,6-7,12H2,(H,22,28)/b18-9-. The number of aromatic nitrogens is 4. The van der Waals surface area contributed by atoms with Crippen LogP contribution in [0.25, 0.3) is 11.8 Å². The molecule has 0 atom stereocenters. The van der Waals surface area contributed by atoms with Gasteiger partial charge in [0.2, 0.25) is 6.79 Å². The first-order valence-corrected chi connectivity index (χ1v) is 10.7. The summed E-state index contributed by atoms with van der Waals surface area (Å²) in [6, 6.07) is 12.0. The van der Waals surface area contributed by atoms with Crippen LogP contribution in [0.1, 0.15) is 15.9 Å². The molecule has 12 heteroatoms. The number of tetrazole rings is 1. The zero-order chi connectivity index (χ0) is 22.8. The van der Waals surface area contributed by atoms with Gasteiger partial charge in [0.05, 0.1) is 10.6 Å². The lowest BCUT2D eigenvalue weighted by atomic mass is 10.2. The van der Waals surface area contributed by atoms with Crippen molar-refractivity contribution in [3.05, 3.63) is 64.8 Å². The highest BCUT2D eigenvalue weighted by Gasteiger charge is 2.34. The number of carbonyl (C=O) groups excluding carboxylic acids is 3. The maximum absolute atomic E-state index is 12.7. The van der Waals surface area contributed by atoms with Crippen LogP contribution in [0, 0.1) is 0 Å². The Morgan fingerprint density at radius 2 is 2.03 bits per heavy atom. The summed E-state index contributed by atoms with van der Waals surface area (Å²) in [6.07, 6.45) is 3.06. The number of nitrogens with one attached hydrogen (secondary N) is 1. The monoisotopic (exact) mass is 464 g/mol. The third-order valence-electron chi connectivity index (χ3n) is 4.91. The highest BCUT2D eigenvalue weighted by molar-refractivity contribution is 8.18. The molecule has 0 radical (unpaired) electrons. The number of rotatable bonds is 6. The second-order valence-corrected chi connectivity index (χ2v) is 8.00. The Kier molecular flexibility index (Phi) is 5.48. The maximum Gasteiger partial charge on any atom is 0.293 e. The molecule has 3 amide bonds. The van der Waals surface area contributed by atoms with Crippen molar-refractivity contribution >= 4 is 34.9 Å². The number of hydrogen-bond acceptors (Lipinski definition) is 9. The van der Waals surface area contributed by atoms with E-state index in [1.807, 2.05) is 0 Å². The molecule has 11 nitrogen and oxygen atoms in total. The first-order valence-electron chi connectivity index (χ1n) is 9.85. The minimum atomic E-state index is -0.405. The Labute approximate surface area is 191 Å². The number of hydrogen-bond donors (Lipinski definition) is 1. The summed E-state index contributed by atoms with van der Waals surface area (Å²) in [6.45, 7) is 0.327. The minimum Gasteiger partial charge on any atom is -0.454 e. The number of ether oxygens (including phenoxy) is 2. The lowest BCUT2D eigenvalue weighted by Gasteiger charge is -2.13. The van der Waals surface area contributed by atoms with Gasteiger partial charge in [0.1, 0.15) is 6.33 Å². The van der Waals surface area contributed by atoms with E-state index in [-0.39, 0.29) is 31.0 Å². The summed E-state index contributed by atoms with van der Waals surface area (Å²) in [5.74, 6) is 0.486. The van der Waals surface area contributed by atoms with Gasteiger partial charge in [0, 0.05) is 18.7 Å². The van der Waals surface area contributed by atoms with Crippen molar-refractivity contribution in [1.29, 1.82) is 0 Å². The molecule has 33 heavy (non-hydrogen) atoms. The van der Waals surface area contributed by atoms with Gasteiger partial charge in [-0.3, -0.25) is 19.3 Å². The molecule has 2 aromatic carbocycles. The number of carbonyl (C=O) groups is 3. The fraction of sp³-hybridized carbons (Fsp3) is 0.143. The van der Waals surface area contributed by atoms with Crippen molar-refractivity contribution in [1.82, 2.24) is 30.4 Å². The van der Waals surface area contributed by atoms with Crippen LogP contribution in [0.5, 0.6) is 11.5 Å². The zero-order valence-electron chi connectivity index (χ0n) is 17.0. The van der Waals surface area contributed by atoms with Gasteiger partial charge in [-0.25, -0.2) is 4.68 Å². The van der Waals surface area contributed by atoms with Crippen LogP contribution in [0.4, 0.5) is 4.79 Å². The molecular formula is C21H16N6O5S. The summed E-state index contributed by atoms with van der Waals surface area (Å²) in [4.78, 5) is 39.0. The van der Waals surface area contributed by atoms with Crippen molar-refractivity contribution in [2.45, 2.75) is 0 Å². The lowest BCUT2D eigenvalue weighted by Crippen LogP contribution is -2.37. The van der Waals surface area contributed by atoms with E-state index < -0.39 is 5.91 Å². The smallest absolute Gasteiger partial charge is 0.293 e. The van der Waals surface area contributed by atoms with E-state index >= 15 is 0 Å². The summed E-state index contributed by atoms with van der Waals surface area (Å²) >= 11 is 0.858. The van der Waals surface area contributed by atoms with Gasteiger partial charge in [-0.15, -0.1) is 5.10 Å². The van der Waals surface area contributed by atoms with Gasteiger partial charge in [-0.2, -0.15) is 0 Å². The molecule has 1 saturated heterocycles. The molecule has 1 fully saturated rings. The summed E-state index contributed by atoms with van der Waals surface area (Å²) in [5, 5.41) is 13.3. The zero-order valence-corrected chi connectivity index (χ0v) is 17.8. The predicted octanol–water partition coefficient (Wildman–Crippen LogP) is 1.86. The molecule has 166 valence electrons. The highest BCUT2D eigenvalue weighted by atomic mass is 32.2. The van der Waals surface area contributed by atoms with E-state index in [4.69, 9.17) is 9.47 Å². The first kappa shape index (κ1) is 20.7. The van der Waals surface area contributed by atoms with Gasteiger partial charge in [-0.1, -0.05) is 12.1 Å². The van der Waals surface area contributed by atoms with Crippen LogP contribution in [-0.4, -0.2) is 62.0 Å². The lowest BCUT2D eigenvalue weighted by molar-refractivity contribution is -0.122. The van der Waals surface area contributed by atoms with Gasteiger partial charge < -0.3 is 14.8 Å². The third-order valence-corrected chi connectivity index (χ3v) is 5.82. The van der Waals surface area contributed by atoms with Crippen LogP contribution in [0.15, 0.2) is 53.7 Å². The fourth-order valence-electron chi connectivity index (χ4n) is 3.30. The van der Waals surface area contributed by atoms with Crippen molar-refractivity contribution in [3.63, 3.8) is 0 Å². The third kappa shape index (κ3) is 4.28. The molecule has 0 aliphatic carbocycles. The SMILES string of the molecule is O=C(NCCN1C(=O)S/C(=C\c2ccc3c(c2)OCO3)C1=O)c1cccc(-n2cnnn2)c1. The van der Waals surface area contributed by atoms with Crippen molar-refractivity contribution in [3.8, 4) is 17.2 Å². The van der Waals surface area contributed by atoms with E-state index in [9.17, 15) is 14.4 Å². The first-order chi connectivity index (χ1) is 16.1. The van der Waals surface area contributed by atoms with Crippen LogP contribution in [-0.2, 0) is 4.79 Å². The highest BCUT2D eigenvalue weighted by Crippen LogP contribution is 2.36. The van der Waals surface area contributed by atoms with Crippen LogP contribution < -0.4 is 14.8 Å². The molecule has 0 bridgehead atoms. The van der Waals surface area contributed by atoms with E-state index in [1.54, 1.807) is 48.5 Å². The second kappa shape index (κ2) is 8.74. The molecule has 1 aromatic heterocycles. The molecule has 0 spiro atoms. The Morgan fingerprint density at radius 3 is 2.88 bits per heavy atom. The van der Waals surface area contributed by atoms with Crippen molar-refractivity contribution < 1.29 is 23.9 Å². The molecule has 5 rings (SSSR count). The topological polar surface area (TPSA) is 129 Å².